The summed E-state index contributed by atoms with van der Waals surface area (Å²) >= 11 is 7.15. The van der Waals surface area contributed by atoms with Crippen molar-refractivity contribution in [1.29, 1.82) is 0 Å². The van der Waals surface area contributed by atoms with Crippen LogP contribution < -0.4 is 20.1 Å². The van der Waals surface area contributed by atoms with Gasteiger partial charge in [-0.2, -0.15) is 0 Å². The molecule has 2 N–H and O–H groups in total. The van der Waals surface area contributed by atoms with Crippen molar-refractivity contribution in [1.82, 2.24) is 20.1 Å². The second-order valence-electron chi connectivity index (χ2n) is 7.42. The van der Waals surface area contributed by atoms with Gasteiger partial charge in [0.15, 0.2) is 22.5 Å². The zero-order valence-corrected chi connectivity index (χ0v) is 19.7. The summed E-state index contributed by atoms with van der Waals surface area (Å²) in [6, 6.07) is 11.5. The molecule has 0 radical (unpaired) electrons. The molecule has 2 amide bonds. The Kier molecular flexibility index (Phi) is 6.75. The highest BCUT2D eigenvalue weighted by molar-refractivity contribution is 8.00. The number of carbonyl (C=O) groups is 2. The molecule has 1 aliphatic heterocycles. The minimum absolute atomic E-state index is 0.173. The Hall–Kier alpha value is -3.24. The van der Waals surface area contributed by atoms with Crippen molar-refractivity contribution < 1.29 is 19.1 Å². The van der Waals surface area contributed by atoms with Crippen molar-refractivity contribution in [2.24, 2.45) is 7.05 Å². The maximum atomic E-state index is 12.7. The van der Waals surface area contributed by atoms with Gasteiger partial charge in [0.25, 0.3) is 5.91 Å². The van der Waals surface area contributed by atoms with Crippen molar-refractivity contribution in [2.75, 3.05) is 12.1 Å². The second kappa shape index (κ2) is 9.72. The van der Waals surface area contributed by atoms with Gasteiger partial charge in [0.05, 0.1) is 11.3 Å². The molecule has 1 aromatic heterocycles. The van der Waals surface area contributed by atoms with Gasteiger partial charge in [0.2, 0.25) is 12.7 Å². The van der Waals surface area contributed by atoms with Crippen LogP contribution in [-0.4, -0.2) is 38.6 Å². The monoisotopic (exact) mass is 487 g/mol. The number of aromatic nitrogens is 3. The fourth-order valence-electron chi connectivity index (χ4n) is 3.18. The zero-order chi connectivity index (χ0) is 23.5. The molecule has 2 aromatic carbocycles. The normalized spacial score (nSPS) is 13.9. The van der Waals surface area contributed by atoms with Crippen LogP contribution in [-0.2, 0) is 11.8 Å². The topological polar surface area (TPSA) is 107 Å². The molecule has 0 unspecified atom stereocenters. The number of carbonyl (C=O) groups excluding carboxylic acids is 2. The Labute approximate surface area is 199 Å². The molecule has 11 heteroatoms. The molecule has 2 heterocycles. The third-order valence-electron chi connectivity index (χ3n) is 5.00. The number of ether oxygens (including phenoxy) is 2. The Balaban J connectivity index is 1.37. The van der Waals surface area contributed by atoms with Crippen LogP contribution in [0.25, 0.3) is 0 Å². The molecule has 0 saturated heterocycles. The number of benzene rings is 2. The molecule has 0 spiro atoms. The molecular weight excluding hydrogens is 466 g/mol. The lowest BCUT2D eigenvalue weighted by atomic mass is 10.2. The van der Waals surface area contributed by atoms with E-state index in [1.165, 1.54) is 11.8 Å². The number of nitrogens with zero attached hydrogens (tertiary/aromatic N) is 3. The van der Waals surface area contributed by atoms with Crippen LogP contribution in [0.5, 0.6) is 11.5 Å². The van der Waals surface area contributed by atoms with E-state index >= 15 is 0 Å². The Morgan fingerprint density at radius 3 is 2.58 bits per heavy atom. The number of thioether (sulfide) groups is 1. The van der Waals surface area contributed by atoms with Crippen molar-refractivity contribution in [3.63, 3.8) is 0 Å². The summed E-state index contributed by atoms with van der Waals surface area (Å²) in [4.78, 5) is 25.2. The number of rotatable bonds is 7. The molecule has 172 valence electrons. The highest BCUT2D eigenvalue weighted by atomic mass is 35.5. The fourth-order valence-corrected chi connectivity index (χ4v) is 4.13. The number of amides is 2. The molecule has 0 saturated carbocycles. The van der Waals surface area contributed by atoms with E-state index in [0.29, 0.717) is 38.8 Å². The van der Waals surface area contributed by atoms with Gasteiger partial charge in [-0.1, -0.05) is 23.4 Å². The van der Waals surface area contributed by atoms with Crippen LogP contribution in [0, 0.1) is 0 Å². The summed E-state index contributed by atoms with van der Waals surface area (Å²) in [6.45, 7) is 3.78. The van der Waals surface area contributed by atoms with Gasteiger partial charge in [-0.05, 0) is 50.2 Å². The van der Waals surface area contributed by atoms with Crippen molar-refractivity contribution in [2.45, 2.75) is 30.3 Å². The van der Waals surface area contributed by atoms with Crippen LogP contribution in [0.2, 0.25) is 5.02 Å². The van der Waals surface area contributed by atoms with Gasteiger partial charge >= 0.3 is 0 Å². The number of halogens is 1. The summed E-state index contributed by atoms with van der Waals surface area (Å²) in [5.74, 6) is 1.39. The van der Waals surface area contributed by atoms with Gasteiger partial charge < -0.3 is 24.7 Å². The Bertz CT molecular complexity index is 1180. The summed E-state index contributed by atoms with van der Waals surface area (Å²) in [6.07, 6.45) is 0. The minimum Gasteiger partial charge on any atom is -0.454 e. The number of nitrogens with one attached hydrogen (secondary N) is 2. The van der Waals surface area contributed by atoms with E-state index in [1.807, 2.05) is 6.92 Å². The molecular formula is C22H22ClN5O4S. The first-order valence-electron chi connectivity index (χ1n) is 10.1. The van der Waals surface area contributed by atoms with Crippen LogP contribution >= 0.6 is 23.4 Å². The average Bonchev–Trinajstić information content (AvgIpc) is 3.40. The molecule has 0 bridgehead atoms. The van der Waals surface area contributed by atoms with Gasteiger partial charge in [-0.25, -0.2) is 0 Å². The summed E-state index contributed by atoms with van der Waals surface area (Å²) in [7, 11) is 1.80. The van der Waals surface area contributed by atoms with E-state index in [0.717, 1.165) is 0 Å². The SMILES string of the molecule is C[C@H](Sc1nnc([C@H](C)NC(=O)c2ccc(Cl)cc2)n1C)C(=O)Nc1ccc2c(c1)OCO2. The number of anilines is 1. The lowest BCUT2D eigenvalue weighted by Gasteiger charge is -2.15. The fraction of sp³-hybridized carbons (Fsp3) is 0.273. The van der Waals surface area contributed by atoms with Crippen molar-refractivity contribution in [3.8, 4) is 11.5 Å². The Morgan fingerprint density at radius 1 is 1.09 bits per heavy atom. The predicted octanol–water partition coefficient (Wildman–Crippen LogP) is 3.81. The largest absolute Gasteiger partial charge is 0.454 e. The second-order valence-corrected chi connectivity index (χ2v) is 9.16. The quantitative estimate of drug-likeness (QED) is 0.488. The first kappa shape index (κ1) is 22.9. The molecule has 0 fully saturated rings. The Morgan fingerprint density at radius 2 is 1.82 bits per heavy atom. The zero-order valence-electron chi connectivity index (χ0n) is 18.2. The molecule has 0 aliphatic carbocycles. The molecule has 1 aliphatic rings. The van der Waals surface area contributed by atoms with Crippen molar-refractivity contribution in [3.05, 3.63) is 58.9 Å². The smallest absolute Gasteiger partial charge is 0.251 e. The van der Waals surface area contributed by atoms with Crippen LogP contribution in [0.1, 0.15) is 36.1 Å². The van der Waals surface area contributed by atoms with Gasteiger partial charge in [-0.3, -0.25) is 9.59 Å². The standard InChI is InChI=1S/C22H22ClN5O4S/c1-12(24-21(30)14-4-6-15(23)7-5-14)19-26-27-22(28(19)3)33-13(2)20(29)25-16-8-9-17-18(10-16)32-11-31-17/h4-10,12-13H,11H2,1-3H3,(H,24,30)(H,25,29)/t12-,13-/m0/s1. The molecule has 33 heavy (non-hydrogen) atoms. The van der Waals surface area contributed by atoms with Gasteiger partial charge in [0.1, 0.15) is 0 Å². The van der Waals surface area contributed by atoms with E-state index in [-0.39, 0.29) is 18.6 Å². The van der Waals surface area contributed by atoms with E-state index in [1.54, 1.807) is 61.0 Å². The van der Waals surface area contributed by atoms with E-state index in [4.69, 9.17) is 21.1 Å². The predicted molar refractivity (Wildman–Crippen MR) is 125 cm³/mol. The molecule has 2 atom stereocenters. The number of hydrogen-bond donors (Lipinski definition) is 2. The highest BCUT2D eigenvalue weighted by Gasteiger charge is 2.23. The first-order chi connectivity index (χ1) is 15.8. The van der Waals surface area contributed by atoms with E-state index < -0.39 is 11.3 Å². The van der Waals surface area contributed by atoms with Crippen LogP contribution in [0.3, 0.4) is 0 Å². The first-order valence-corrected chi connectivity index (χ1v) is 11.4. The number of fused-ring (bicyclic) bond motifs is 1. The summed E-state index contributed by atoms with van der Waals surface area (Å²) in [5, 5.41) is 14.9. The van der Waals surface area contributed by atoms with E-state index in [2.05, 4.69) is 20.8 Å². The van der Waals surface area contributed by atoms with E-state index in [9.17, 15) is 9.59 Å². The lowest BCUT2D eigenvalue weighted by Crippen LogP contribution is -2.28. The minimum atomic E-state index is -0.440. The third-order valence-corrected chi connectivity index (χ3v) is 6.39. The van der Waals surface area contributed by atoms with Crippen molar-refractivity contribution >= 4 is 40.9 Å². The maximum Gasteiger partial charge on any atom is 0.251 e. The van der Waals surface area contributed by atoms with Crippen LogP contribution in [0.15, 0.2) is 47.6 Å². The summed E-state index contributed by atoms with van der Waals surface area (Å²) < 4.78 is 12.4. The van der Waals surface area contributed by atoms with Gasteiger partial charge in [0, 0.05) is 29.4 Å². The average molecular weight is 488 g/mol. The molecule has 3 aromatic rings. The third kappa shape index (κ3) is 5.23. The molecule has 9 nitrogen and oxygen atoms in total. The molecule has 4 rings (SSSR count). The highest BCUT2D eigenvalue weighted by Crippen LogP contribution is 2.34. The number of hydrogen-bond acceptors (Lipinski definition) is 7. The van der Waals surface area contributed by atoms with Crippen LogP contribution in [0.4, 0.5) is 5.69 Å². The summed E-state index contributed by atoms with van der Waals surface area (Å²) in [5.41, 5.74) is 1.12. The lowest BCUT2D eigenvalue weighted by molar-refractivity contribution is -0.115. The maximum absolute atomic E-state index is 12.7. The van der Waals surface area contributed by atoms with Gasteiger partial charge in [-0.15, -0.1) is 10.2 Å².